The highest BCUT2D eigenvalue weighted by Crippen LogP contribution is 2.22. The fraction of sp³-hybridized carbons (Fsp3) is 0.471. The molecule has 2 aromatic rings. The van der Waals surface area contributed by atoms with Crippen molar-refractivity contribution >= 4 is 5.91 Å². The maximum atomic E-state index is 14.1. The van der Waals surface area contributed by atoms with Crippen LogP contribution >= 0.6 is 0 Å². The molecule has 1 saturated heterocycles. The smallest absolute Gasteiger partial charge is 0.293 e. The van der Waals surface area contributed by atoms with Gasteiger partial charge in [0.05, 0.1) is 0 Å². The second-order valence-corrected chi connectivity index (χ2v) is 6.34. The van der Waals surface area contributed by atoms with Crippen molar-refractivity contribution in [3.05, 3.63) is 41.7 Å². The first-order valence-electron chi connectivity index (χ1n) is 8.25. The minimum Gasteiger partial charge on any atom is -0.332 e. The summed E-state index contributed by atoms with van der Waals surface area (Å²) in [5, 5.41) is 4.31. The number of carbonyl (C=O) groups is 1. The van der Waals surface area contributed by atoms with Crippen LogP contribution in [0.4, 0.5) is 4.39 Å². The Kier molecular flexibility index (Phi) is 4.62. The van der Waals surface area contributed by atoms with Gasteiger partial charge < -0.3 is 10.6 Å². The summed E-state index contributed by atoms with van der Waals surface area (Å²) < 4.78 is 15.6. The SMILES string of the molecule is CC(C)c1nc(C(=O)N2CCCC2CN)nn1-c1ccccc1F. The molecule has 7 heteroatoms. The van der Waals surface area contributed by atoms with Crippen molar-refractivity contribution in [2.75, 3.05) is 13.1 Å². The first kappa shape index (κ1) is 16.6. The van der Waals surface area contributed by atoms with Crippen LogP contribution in [0.1, 0.15) is 49.1 Å². The van der Waals surface area contributed by atoms with Crippen LogP contribution in [-0.2, 0) is 0 Å². The van der Waals surface area contributed by atoms with Crippen LogP contribution in [0, 0.1) is 5.82 Å². The molecule has 128 valence electrons. The van der Waals surface area contributed by atoms with E-state index in [4.69, 9.17) is 5.73 Å². The monoisotopic (exact) mass is 331 g/mol. The number of halogens is 1. The average molecular weight is 331 g/mol. The van der Waals surface area contributed by atoms with Gasteiger partial charge in [-0.15, -0.1) is 5.10 Å². The second kappa shape index (κ2) is 6.68. The number of hydrogen-bond donors (Lipinski definition) is 1. The third-order valence-corrected chi connectivity index (χ3v) is 4.33. The van der Waals surface area contributed by atoms with E-state index in [0.717, 1.165) is 12.8 Å². The van der Waals surface area contributed by atoms with Crippen LogP contribution in [0.15, 0.2) is 24.3 Å². The topological polar surface area (TPSA) is 77.0 Å². The summed E-state index contributed by atoms with van der Waals surface area (Å²) in [6, 6.07) is 6.38. The molecule has 1 aromatic carbocycles. The van der Waals surface area contributed by atoms with Gasteiger partial charge in [0.2, 0.25) is 5.82 Å². The van der Waals surface area contributed by atoms with Gasteiger partial charge >= 0.3 is 0 Å². The minimum atomic E-state index is -0.399. The summed E-state index contributed by atoms with van der Waals surface area (Å²) >= 11 is 0. The molecule has 6 nitrogen and oxygen atoms in total. The largest absolute Gasteiger partial charge is 0.332 e. The van der Waals surface area contributed by atoms with Gasteiger partial charge in [-0.05, 0) is 25.0 Å². The molecule has 2 heterocycles. The van der Waals surface area contributed by atoms with E-state index in [1.807, 2.05) is 13.8 Å². The molecule has 0 radical (unpaired) electrons. The molecule has 0 saturated carbocycles. The molecule has 3 rings (SSSR count). The van der Waals surface area contributed by atoms with Gasteiger partial charge in [-0.25, -0.2) is 14.1 Å². The Morgan fingerprint density at radius 1 is 1.42 bits per heavy atom. The van der Waals surface area contributed by atoms with E-state index >= 15 is 0 Å². The summed E-state index contributed by atoms with van der Waals surface area (Å²) in [5.41, 5.74) is 6.04. The lowest BCUT2D eigenvalue weighted by molar-refractivity contribution is 0.0729. The van der Waals surface area contributed by atoms with Gasteiger partial charge in [0.15, 0.2) is 0 Å². The summed E-state index contributed by atoms with van der Waals surface area (Å²) in [4.78, 5) is 18.9. The van der Waals surface area contributed by atoms with Crippen molar-refractivity contribution in [3.8, 4) is 5.69 Å². The highest BCUT2D eigenvalue weighted by molar-refractivity contribution is 5.91. The highest BCUT2D eigenvalue weighted by atomic mass is 19.1. The third-order valence-electron chi connectivity index (χ3n) is 4.33. The van der Waals surface area contributed by atoms with E-state index in [-0.39, 0.29) is 23.7 Å². The molecule has 1 amide bonds. The summed E-state index contributed by atoms with van der Waals surface area (Å²) in [6.07, 6.45) is 1.83. The molecule has 0 aliphatic carbocycles. The summed E-state index contributed by atoms with van der Waals surface area (Å²) in [6.45, 7) is 4.96. The van der Waals surface area contributed by atoms with Gasteiger partial charge in [-0.1, -0.05) is 26.0 Å². The minimum absolute atomic E-state index is 0.00235. The number of benzene rings is 1. The van der Waals surface area contributed by atoms with Crippen molar-refractivity contribution in [3.63, 3.8) is 0 Å². The zero-order valence-electron chi connectivity index (χ0n) is 13.9. The quantitative estimate of drug-likeness (QED) is 0.931. The molecule has 1 fully saturated rings. The second-order valence-electron chi connectivity index (χ2n) is 6.34. The van der Waals surface area contributed by atoms with E-state index in [1.165, 1.54) is 10.7 Å². The summed E-state index contributed by atoms with van der Waals surface area (Å²) in [7, 11) is 0. The standard InChI is InChI=1S/C17H22FN5O/c1-11(2)16-20-15(17(24)22-9-5-6-12(22)10-19)21-23(16)14-8-4-3-7-13(14)18/h3-4,7-8,11-12H,5-6,9-10,19H2,1-2H3. The summed E-state index contributed by atoms with van der Waals surface area (Å²) in [5.74, 6) is 0.0287. The lowest BCUT2D eigenvalue weighted by Gasteiger charge is -2.21. The van der Waals surface area contributed by atoms with Gasteiger partial charge in [0.25, 0.3) is 5.91 Å². The zero-order valence-corrected chi connectivity index (χ0v) is 13.9. The zero-order chi connectivity index (χ0) is 17.3. The van der Waals surface area contributed by atoms with E-state index < -0.39 is 5.82 Å². The molecule has 1 atom stereocenters. The van der Waals surface area contributed by atoms with Crippen LogP contribution in [0.2, 0.25) is 0 Å². The number of aromatic nitrogens is 3. The Hall–Kier alpha value is -2.28. The van der Waals surface area contributed by atoms with Crippen molar-refractivity contribution in [1.82, 2.24) is 19.7 Å². The number of para-hydroxylation sites is 1. The fourth-order valence-corrected chi connectivity index (χ4v) is 3.07. The molecule has 24 heavy (non-hydrogen) atoms. The van der Waals surface area contributed by atoms with Crippen molar-refractivity contribution in [2.45, 2.75) is 38.6 Å². The highest BCUT2D eigenvalue weighted by Gasteiger charge is 2.31. The predicted molar refractivity (Wildman–Crippen MR) is 88.5 cm³/mol. The molecule has 1 unspecified atom stereocenters. The van der Waals surface area contributed by atoms with Gasteiger partial charge in [0.1, 0.15) is 17.3 Å². The van der Waals surface area contributed by atoms with E-state index in [0.29, 0.717) is 24.6 Å². The normalized spacial score (nSPS) is 17.7. The number of hydrogen-bond acceptors (Lipinski definition) is 4. The molecule has 0 bridgehead atoms. The van der Waals surface area contributed by atoms with Gasteiger partial charge in [-0.2, -0.15) is 0 Å². The molecular weight excluding hydrogens is 309 g/mol. The van der Waals surface area contributed by atoms with E-state index in [1.54, 1.807) is 23.1 Å². The number of amides is 1. The van der Waals surface area contributed by atoms with Crippen molar-refractivity contribution in [2.24, 2.45) is 5.73 Å². The lowest BCUT2D eigenvalue weighted by Crippen LogP contribution is -2.40. The molecular formula is C17H22FN5O. The number of rotatable bonds is 4. The average Bonchev–Trinajstić information content (AvgIpc) is 3.21. The first-order chi connectivity index (χ1) is 11.5. The van der Waals surface area contributed by atoms with Crippen molar-refractivity contribution in [1.29, 1.82) is 0 Å². The van der Waals surface area contributed by atoms with E-state index in [9.17, 15) is 9.18 Å². The maximum Gasteiger partial charge on any atom is 0.293 e. The third kappa shape index (κ3) is 2.91. The fourth-order valence-electron chi connectivity index (χ4n) is 3.07. The van der Waals surface area contributed by atoms with Gasteiger partial charge in [0, 0.05) is 25.0 Å². The van der Waals surface area contributed by atoms with Gasteiger partial charge in [-0.3, -0.25) is 4.79 Å². The van der Waals surface area contributed by atoms with Crippen LogP contribution in [0.5, 0.6) is 0 Å². The maximum absolute atomic E-state index is 14.1. The predicted octanol–water partition coefficient (Wildman–Crippen LogP) is 2.09. The molecule has 1 aromatic heterocycles. The Bertz CT molecular complexity index is 742. The Morgan fingerprint density at radius 2 is 2.17 bits per heavy atom. The molecule has 2 N–H and O–H groups in total. The number of nitrogens with two attached hydrogens (primary N) is 1. The van der Waals surface area contributed by atoms with Crippen LogP contribution in [-0.4, -0.2) is 44.7 Å². The number of nitrogens with zero attached hydrogens (tertiary/aromatic N) is 4. The molecule has 0 spiro atoms. The Morgan fingerprint density at radius 3 is 2.83 bits per heavy atom. The number of likely N-dealkylation sites (tertiary alicyclic amines) is 1. The lowest BCUT2D eigenvalue weighted by atomic mass is 10.2. The Balaban J connectivity index is 2.01. The van der Waals surface area contributed by atoms with Crippen LogP contribution in [0.3, 0.4) is 0 Å². The molecule has 1 aliphatic heterocycles. The van der Waals surface area contributed by atoms with Crippen molar-refractivity contribution < 1.29 is 9.18 Å². The number of carbonyl (C=O) groups excluding carboxylic acids is 1. The first-order valence-corrected chi connectivity index (χ1v) is 8.25. The van der Waals surface area contributed by atoms with E-state index in [2.05, 4.69) is 10.1 Å². The Labute approximate surface area is 140 Å². The van der Waals surface area contributed by atoms with Crippen LogP contribution < -0.4 is 5.73 Å². The van der Waals surface area contributed by atoms with Crippen LogP contribution in [0.25, 0.3) is 5.69 Å². The molecule has 1 aliphatic rings.